The molecule has 0 saturated heterocycles. The molecule has 0 amide bonds. The van der Waals surface area contributed by atoms with E-state index in [0.29, 0.717) is 12.2 Å². The minimum atomic E-state index is -2.99. The molecule has 0 aromatic carbocycles. The predicted molar refractivity (Wildman–Crippen MR) is 83.7 cm³/mol. The zero-order valence-corrected chi connectivity index (χ0v) is 15.1. The summed E-state index contributed by atoms with van der Waals surface area (Å²) >= 11 is 6.15. The van der Waals surface area contributed by atoms with E-state index in [1.807, 2.05) is 6.92 Å². The third-order valence-electron chi connectivity index (χ3n) is 3.21. The van der Waals surface area contributed by atoms with Gasteiger partial charge in [-0.15, -0.1) is 0 Å². The highest BCUT2D eigenvalue weighted by molar-refractivity contribution is 6.62. The van der Waals surface area contributed by atoms with Gasteiger partial charge in [-0.2, -0.15) is 4.98 Å². The van der Waals surface area contributed by atoms with Crippen LogP contribution in [0.5, 0.6) is 5.88 Å². The molecule has 0 aliphatic carbocycles. The second kappa shape index (κ2) is 7.89. The van der Waals surface area contributed by atoms with Crippen molar-refractivity contribution in [2.45, 2.75) is 25.8 Å². The first-order valence-corrected chi connectivity index (χ1v) is 8.77. The van der Waals surface area contributed by atoms with Crippen LogP contribution >= 0.6 is 11.8 Å². The fraction of sp³-hybridized carbons (Fsp3) is 0.538. The van der Waals surface area contributed by atoms with Gasteiger partial charge in [0.25, 0.3) is 0 Å². The largest absolute Gasteiger partial charge is 0.511 e. The molecule has 1 rings (SSSR count). The fourth-order valence-electron chi connectivity index (χ4n) is 2.08. The van der Waals surface area contributed by atoms with Crippen molar-refractivity contribution in [2.75, 3.05) is 21.3 Å². The lowest BCUT2D eigenvalue weighted by Gasteiger charge is -2.30. The molecule has 0 aliphatic heterocycles. The predicted octanol–water partition coefficient (Wildman–Crippen LogP) is 2.28. The van der Waals surface area contributed by atoms with Crippen LogP contribution < -0.4 is 4.74 Å². The first-order valence-electron chi connectivity index (χ1n) is 6.63. The summed E-state index contributed by atoms with van der Waals surface area (Å²) in [5.74, 6) is -0.0309. The van der Waals surface area contributed by atoms with Crippen LogP contribution in [0, 0.1) is 0 Å². The van der Waals surface area contributed by atoms with Gasteiger partial charge in [0.1, 0.15) is 5.82 Å². The number of hydrogen-bond acceptors (Lipinski definition) is 6. The van der Waals surface area contributed by atoms with Gasteiger partial charge in [-0.05, 0) is 13.3 Å². The van der Waals surface area contributed by atoms with Crippen LogP contribution in [0.15, 0.2) is 18.3 Å². The molecule has 124 valence electrons. The van der Waals surface area contributed by atoms with Crippen molar-refractivity contribution in [1.82, 2.24) is 9.07 Å². The number of nitrogens with zero attached hydrogens (tertiary/aromatic N) is 2. The van der Waals surface area contributed by atoms with Crippen molar-refractivity contribution in [3.05, 3.63) is 24.2 Å². The van der Waals surface area contributed by atoms with Crippen LogP contribution in [0.3, 0.4) is 0 Å². The van der Waals surface area contributed by atoms with Gasteiger partial charge in [-0.3, -0.25) is 0 Å². The fourth-order valence-corrected chi connectivity index (χ4v) is 4.77. The van der Waals surface area contributed by atoms with Crippen molar-refractivity contribution in [3.8, 4) is 5.88 Å². The van der Waals surface area contributed by atoms with E-state index in [4.69, 9.17) is 29.8 Å². The van der Waals surface area contributed by atoms with E-state index in [1.165, 1.54) is 31.6 Å². The minimum absolute atomic E-state index is 0.0858. The van der Waals surface area contributed by atoms with Gasteiger partial charge in [-0.25, -0.2) is 8.88 Å². The van der Waals surface area contributed by atoms with E-state index in [-0.39, 0.29) is 17.0 Å². The van der Waals surface area contributed by atoms with Gasteiger partial charge in [0.05, 0.1) is 11.7 Å². The zero-order chi connectivity index (χ0) is 16.9. The molecule has 0 radical (unpaired) electrons. The van der Waals surface area contributed by atoms with Crippen LogP contribution in [-0.2, 0) is 18.1 Å². The molecule has 22 heavy (non-hydrogen) atoms. The molecule has 0 spiro atoms. The third kappa shape index (κ3) is 3.76. The summed E-state index contributed by atoms with van der Waals surface area (Å²) in [6.07, 6.45) is 2.03. The van der Waals surface area contributed by atoms with E-state index in [0.717, 1.165) is 0 Å². The van der Waals surface area contributed by atoms with Crippen molar-refractivity contribution >= 4 is 26.6 Å². The second-order valence-electron chi connectivity index (χ2n) is 4.60. The molecular weight excluding hydrogens is 328 g/mol. The summed E-state index contributed by atoms with van der Waals surface area (Å²) < 4.78 is 22.8. The molecule has 1 atom stereocenters. The summed E-state index contributed by atoms with van der Waals surface area (Å²) in [5.41, 5.74) is -0.0330. The molecule has 0 bridgehead atoms. The van der Waals surface area contributed by atoms with E-state index in [2.05, 4.69) is 11.6 Å². The van der Waals surface area contributed by atoms with E-state index >= 15 is 0 Å². The maximum Gasteiger partial charge on any atom is 0.511 e. The molecule has 0 saturated carbocycles. The van der Waals surface area contributed by atoms with Crippen LogP contribution in [0.4, 0.5) is 0 Å². The summed E-state index contributed by atoms with van der Waals surface area (Å²) in [6, 6.07) is 0. The number of aromatic nitrogens is 2. The number of rotatable bonds is 8. The van der Waals surface area contributed by atoms with Crippen molar-refractivity contribution < 1.29 is 22.8 Å². The summed E-state index contributed by atoms with van der Waals surface area (Å²) in [7, 11) is 1.56. The van der Waals surface area contributed by atoms with Gasteiger partial charge in [0.2, 0.25) is 5.88 Å². The Labute approximate surface area is 136 Å². The zero-order valence-electron chi connectivity index (χ0n) is 13.4. The molecule has 1 heterocycles. The summed E-state index contributed by atoms with van der Waals surface area (Å²) in [6.45, 7) is 7.00. The SMILES string of the molecule is C=C(C)C(=O)Oc1cn(Cl)c(C(CC)[Si](OC)(OC)OC)n1. The first-order chi connectivity index (χ1) is 10.3. The van der Waals surface area contributed by atoms with Crippen LogP contribution in [0.1, 0.15) is 31.6 Å². The summed E-state index contributed by atoms with van der Waals surface area (Å²) in [4.78, 5) is 15.8. The average molecular weight is 349 g/mol. The minimum Gasteiger partial charge on any atom is -0.402 e. The van der Waals surface area contributed by atoms with Crippen molar-refractivity contribution in [1.29, 1.82) is 0 Å². The lowest BCUT2D eigenvalue weighted by molar-refractivity contribution is -0.130. The lowest BCUT2D eigenvalue weighted by atomic mass is 10.3. The molecule has 1 aromatic rings. The van der Waals surface area contributed by atoms with Crippen molar-refractivity contribution in [3.63, 3.8) is 0 Å². The average Bonchev–Trinajstić information content (AvgIpc) is 2.85. The lowest BCUT2D eigenvalue weighted by Crippen LogP contribution is -2.49. The first kappa shape index (κ1) is 18.9. The third-order valence-corrected chi connectivity index (χ3v) is 6.71. The number of ether oxygens (including phenoxy) is 1. The number of halogens is 1. The van der Waals surface area contributed by atoms with Gasteiger partial charge in [0, 0.05) is 38.7 Å². The Morgan fingerprint density at radius 2 is 1.95 bits per heavy atom. The Morgan fingerprint density at radius 3 is 2.36 bits per heavy atom. The van der Waals surface area contributed by atoms with E-state index in [9.17, 15) is 4.79 Å². The summed E-state index contributed by atoms with van der Waals surface area (Å²) in [5, 5.41) is 0. The molecule has 7 nitrogen and oxygen atoms in total. The van der Waals surface area contributed by atoms with E-state index in [1.54, 1.807) is 6.92 Å². The maximum atomic E-state index is 11.6. The highest BCUT2D eigenvalue weighted by Gasteiger charge is 2.49. The molecule has 0 aliphatic rings. The molecular formula is C13H21ClN2O5Si. The van der Waals surface area contributed by atoms with Crippen LogP contribution in [0.2, 0.25) is 0 Å². The molecule has 0 fully saturated rings. The van der Waals surface area contributed by atoms with Gasteiger partial charge in [-0.1, -0.05) is 13.5 Å². The Balaban J connectivity index is 3.16. The second-order valence-corrected chi connectivity index (χ2v) is 8.09. The van der Waals surface area contributed by atoms with Crippen LogP contribution in [-0.4, -0.2) is 45.2 Å². The van der Waals surface area contributed by atoms with Gasteiger partial charge < -0.3 is 18.0 Å². The number of carbonyl (C=O) groups is 1. The Morgan fingerprint density at radius 1 is 1.41 bits per heavy atom. The highest BCUT2D eigenvalue weighted by atomic mass is 35.5. The monoisotopic (exact) mass is 348 g/mol. The molecule has 1 unspecified atom stereocenters. The molecule has 9 heteroatoms. The Bertz CT molecular complexity index is 536. The normalized spacial score (nSPS) is 13.0. The number of imidazole rings is 1. The smallest absolute Gasteiger partial charge is 0.402 e. The number of esters is 1. The molecule has 0 N–H and O–H groups in total. The number of carbonyl (C=O) groups excluding carboxylic acids is 1. The topological polar surface area (TPSA) is 71.8 Å². The van der Waals surface area contributed by atoms with Gasteiger partial charge >= 0.3 is 14.8 Å². The number of hydrogen-bond donors (Lipinski definition) is 0. The maximum absolute atomic E-state index is 11.6. The van der Waals surface area contributed by atoms with Crippen LogP contribution in [0.25, 0.3) is 0 Å². The quantitative estimate of drug-likeness (QED) is 0.408. The highest BCUT2D eigenvalue weighted by Crippen LogP contribution is 2.33. The van der Waals surface area contributed by atoms with Gasteiger partial charge in [0.15, 0.2) is 0 Å². The van der Waals surface area contributed by atoms with Crippen molar-refractivity contribution in [2.24, 2.45) is 0 Å². The Hall–Kier alpha value is -1.19. The standard InChI is InChI=1S/C13H21ClN2O5Si/c1-7-10(22(18-4,19-5)20-6)12-15-11(8-16(12)14)21-13(17)9(2)3/h8,10H,2,7H2,1,3-6H3. The van der Waals surface area contributed by atoms with E-state index < -0.39 is 14.8 Å². The Kier molecular flexibility index (Phi) is 6.76. The molecule has 1 aromatic heterocycles.